The summed E-state index contributed by atoms with van der Waals surface area (Å²) in [6.07, 6.45) is 9.49. The number of carbonyl (C=O) groups excluding carboxylic acids is 1. The van der Waals surface area contributed by atoms with Gasteiger partial charge in [0.2, 0.25) is 0 Å². The first-order chi connectivity index (χ1) is 20.8. The topological polar surface area (TPSA) is 44.8 Å². The molecule has 0 N–H and O–H groups in total. The molecule has 0 fully saturated rings. The van der Waals surface area contributed by atoms with E-state index < -0.39 is 5.41 Å². The second-order valence-corrected chi connectivity index (χ2v) is 12.5. The van der Waals surface area contributed by atoms with Gasteiger partial charge in [-0.2, -0.15) is 0 Å². The van der Waals surface area contributed by atoms with Crippen molar-refractivity contribution in [3.63, 3.8) is 0 Å². The van der Waals surface area contributed by atoms with Crippen molar-refractivity contribution in [2.24, 2.45) is 5.41 Å². The smallest absolute Gasteiger partial charge is 0.312 e. The van der Waals surface area contributed by atoms with E-state index in [9.17, 15) is 4.79 Å². The quantitative estimate of drug-likeness (QED) is 0.0735. The molecule has 0 saturated carbocycles. The first-order valence-corrected chi connectivity index (χ1v) is 17.3. The lowest BCUT2D eigenvalue weighted by Crippen LogP contribution is -2.34. The third kappa shape index (κ3) is 10.1. The van der Waals surface area contributed by atoms with Gasteiger partial charge in [0.05, 0.1) is 25.2 Å². The van der Waals surface area contributed by atoms with Crippen molar-refractivity contribution in [1.82, 2.24) is 0 Å². The van der Waals surface area contributed by atoms with Crippen LogP contribution in [0.3, 0.4) is 0 Å². The van der Waals surface area contributed by atoms with E-state index in [1.54, 1.807) is 0 Å². The minimum atomic E-state index is -0.732. The number of hydrogen-bond acceptors (Lipinski definition) is 4. The molecule has 3 aromatic carbocycles. The zero-order valence-electron chi connectivity index (χ0n) is 26.9. The van der Waals surface area contributed by atoms with E-state index in [2.05, 4.69) is 72.2 Å². The van der Waals surface area contributed by atoms with Crippen molar-refractivity contribution in [3.8, 4) is 33.8 Å². The molecule has 43 heavy (non-hydrogen) atoms. The van der Waals surface area contributed by atoms with Gasteiger partial charge in [-0.05, 0) is 85.7 Å². The van der Waals surface area contributed by atoms with Gasteiger partial charge in [-0.25, -0.2) is 0 Å². The number of carbonyl (C=O) groups is 1. The summed E-state index contributed by atoms with van der Waals surface area (Å²) >= 11 is 3.76. The standard InChI is InChI=1S/C38H51BrO4/c1-6-9-11-13-25-42-32-20-15-29(16-21-32)31-19-24-34(30-17-22-33(23-18-30)43-26-14-12-10-7-2)35(27-31)36(28-39)38(4,5)37(40)41-8-3/h15-24,27,36H,6-14,25-26,28H2,1-5H3. The number of esters is 1. The van der Waals surface area contributed by atoms with E-state index in [4.69, 9.17) is 14.2 Å². The molecule has 5 heteroatoms. The Morgan fingerprint density at radius 3 is 1.70 bits per heavy atom. The average Bonchev–Trinajstić information content (AvgIpc) is 3.02. The predicted molar refractivity (Wildman–Crippen MR) is 184 cm³/mol. The van der Waals surface area contributed by atoms with Crippen molar-refractivity contribution in [3.05, 3.63) is 72.3 Å². The Labute approximate surface area is 268 Å². The molecule has 4 nitrogen and oxygen atoms in total. The highest BCUT2D eigenvalue weighted by Crippen LogP contribution is 2.44. The molecule has 0 aromatic heterocycles. The fourth-order valence-corrected chi connectivity index (χ4v) is 6.49. The van der Waals surface area contributed by atoms with Gasteiger partial charge in [0, 0.05) is 11.2 Å². The van der Waals surface area contributed by atoms with Crippen molar-refractivity contribution in [1.29, 1.82) is 0 Å². The van der Waals surface area contributed by atoms with E-state index in [0.717, 1.165) is 65.4 Å². The number of rotatable bonds is 19. The van der Waals surface area contributed by atoms with Gasteiger partial charge in [0.15, 0.2) is 0 Å². The minimum Gasteiger partial charge on any atom is -0.494 e. The van der Waals surface area contributed by atoms with Crippen LogP contribution in [0.4, 0.5) is 0 Å². The van der Waals surface area contributed by atoms with Crippen molar-refractivity contribution in [2.45, 2.75) is 91.9 Å². The molecule has 0 amide bonds. The molecule has 0 saturated heterocycles. The Balaban J connectivity index is 1.91. The predicted octanol–water partition coefficient (Wildman–Crippen LogP) is 11.0. The van der Waals surface area contributed by atoms with Gasteiger partial charge in [0.25, 0.3) is 0 Å². The molecular weight excluding hydrogens is 600 g/mol. The van der Waals surface area contributed by atoms with E-state index in [1.807, 2.05) is 45.0 Å². The Hall–Kier alpha value is -2.79. The van der Waals surface area contributed by atoms with Crippen LogP contribution in [0.25, 0.3) is 22.3 Å². The number of unbranched alkanes of at least 4 members (excludes halogenated alkanes) is 6. The monoisotopic (exact) mass is 650 g/mol. The summed E-state index contributed by atoms with van der Waals surface area (Å²) < 4.78 is 17.5. The maximum absolute atomic E-state index is 13.2. The molecule has 0 bridgehead atoms. The van der Waals surface area contributed by atoms with Gasteiger partial charge < -0.3 is 14.2 Å². The Morgan fingerprint density at radius 2 is 1.21 bits per heavy atom. The number of benzene rings is 3. The molecule has 3 rings (SSSR count). The van der Waals surface area contributed by atoms with Gasteiger partial charge in [-0.3, -0.25) is 4.79 Å². The highest BCUT2D eigenvalue weighted by Gasteiger charge is 2.39. The summed E-state index contributed by atoms with van der Waals surface area (Å²) in [5.41, 5.74) is 4.79. The van der Waals surface area contributed by atoms with Gasteiger partial charge in [0.1, 0.15) is 11.5 Å². The van der Waals surface area contributed by atoms with Crippen LogP contribution in [-0.4, -0.2) is 31.1 Å². The average molecular weight is 652 g/mol. The first-order valence-electron chi connectivity index (χ1n) is 16.2. The zero-order chi connectivity index (χ0) is 31.1. The third-order valence-electron chi connectivity index (χ3n) is 8.14. The van der Waals surface area contributed by atoms with Crippen LogP contribution in [0.15, 0.2) is 66.7 Å². The fourth-order valence-electron chi connectivity index (χ4n) is 5.33. The molecule has 3 aromatic rings. The lowest BCUT2D eigenvalue weighted by molar-refractivity contribution is -0.154. The van der Waals surface area contributed by atoms with Crippen LogP contribution < -0.4 is 9.47 Å². The van der Waals surface area contributed by atoms with Crippen LogP contribution in [0.2, 0.25) is 0 Å². The summed E-state index contributed by atoms with van der Waals surface area (Å²) in [6, 6.07) is 23.3. The fraction of sp³-hybridized carbons (Fsp3) is 0.500. The maximum atomic E-state index is 13.2. The SMILES string of the molecule is CCCCCCOc1ccc(-c2ccc(-c3ccc(OCCCCCC)cc3)c(C(CBr)C(C)(C)C(=O)OCC)c2)cc1. The van der Waals surface area contributed by atoms with E-state index in [0.29, 0.717) is 11.9 Å². The highest BCUT2D eigenvalue weighted by molar-refractivity contribution is 9.09. The molecule has 0 aliphatic heterocycles. The van der Waals surface area contributed by atoms with Crippen LogP contribution in [0, 0.1) is 5.41 Å². The second-order valence-electron chi connectivity index (χ2n) is 11.8. The van der Waals surface area contributed by atoms with Crippen LogP contribution in [-0.2, 0) is 9.53 Å². The number of hydrogen-bond donors (Lipinski definition) is 0. The van der Waals surface area contributed by atoms with Crippen LogP contribution in [0.1, 0.15) is 97.5 Å². The summed E-state index contributed by atoms with van der Waals surface area (Å²) in [5.74, 6) is 1.48. The van der Waals surface area contributed by atoms with Gasteiger partial charge in [-0.15, -0.1) is 0 Å². The molecule has 0 aliphatic rings. The normalized spacial score (nSPS) is 12.1. The molecule has 0 aliphatic carbocycles. The Bertz CT molecular complexity index is 1230. The summed E-state index contributed by atoms with van der Waals surface area (Å²) in [6.45, 7) is 12.1. The molecule has 0 spiro atoms. The van der Waals surface area contributed by atoms with Gasteiger partial charge in [-0.1, -0.05) is 111 Å². The molecule has 1 atom stereocenters. The summed E-state index contributed by atoms with van der Waals surface area (Å²) in [7, 11) is 0. The van der Waals surface area contributed by atoms with Gasteiger partial charge >= 0.3 is 5.97 Å². The van der Waals surface area contributed by atoms with E-state index in [1.165, 1.54) is 38.5 Å². The third-order valence-corrected chi connectivity index (χ3v) is 8.79. The molecule has 1 unspecified atom stereocenters. The van der Waals surface area contributed by atoms with Crippen molar-refractivity contribution in [2.75, 3.05) is 25.2 Å². The maximum Gasteiger partial charge on any atom is 0.312 e. The van der Waals surface area contributed by atoms with Crippen molar-refractivity contribution < 1.29 is 19.0 Å². The Kier molecular flexibility index (Phi) is 14.6. The summed E-state index contributed by atoms with van der Waals surface area (Å²) in [5, 5.41) is 0.624. The largest absolute Gasteiger partial charge is 0.494 e. The Morgan fingerprint density at radius 1 is 0.698 bits per heavy atom. The van der Waals surface area contributed by atoms with Crippen LogP contribution in [0.5, 0.6) is 11.5 Å². The molecular formula is C38H51BrO4. The van der Waals surface area contributed by atoms with E-state index >= 15 is 0 Å². The lowest BCUT2D eigenvalue weighted by Gasteiger charge is -2.33. The number of ether oxygens (including phenoxy) is 3. The molecule has 0 heterocycles. The lowest BCUT2D eigenvalue weighted by atomic mass is 9.73. The number of halogens is 1. The van der Waals surface area contributed by atoms with E-state index in [-0.39, 0.29) is 11.9 Å². The zero-order valence-corrected chi connectivity index (χ0v) is 28.5. The first kappa shape index (κ1) is 34.7. The number of alkyl halides is 1. The highest BCUT2D eigenvalue weighted by atomic mass is 79.9. The van der Waals surface area contributed by atoms with Crippen LogP contribution >= 0.6 is 15.9 Å². The molecule has 234 valence electrons. The minimum absolute atomic E-state index is 0.110. The summed E-state index contributed by atoms with van der Waals surface area (Å²) in [4.78, 5) is 13.2. The van der Waals surface area contributed by atoms with Crippen molar-refractivity contribution >= 4 is 21.9 Å². The second kappa shape index (κ2) is 18.1. The molecule has 0 radical (unpaired) electrons.